The molecule has 7 heteroatoms. The van der Waals surface area contributed by atoms with E-state index in [2.05, 4.69) is 10.1 Å². The van der Waals surface area contributed by atoms with Crippen LogP contribution in [0, 0.1) is 0 Å². The molecule has 0 unspecified atom stereocenters. The summed E-state index contributed by atoms with van der Waals surface area (Å²) in [7, 11) is 0. The van der Waals surface area contributed by atoms with Gasteiger partial charge in [-0.3, -0.25) is 4.79 Å². The number of fused-ring (bicyclic) bond motifs is 1. The zero-order valence-electron chi connectivity index (χ0n) is 9.28. The van der Waals surface area contributed by atoms with Crippen molar-refractivity contribution in [3.05, 3.63) is 34.8 Å². The second-order valence-electron chi connectivity index (χ2n) is 3.59. The van der Waals surface area contributed by atoms with Gasteiger partial charge in [0.15, 0.2) is 5.58 Å². The maximum absolute atomic E-state index is 11.3. The van der Waals surface area contributed by atoms with Gasteiger partial charge in [-0.2, -0.15) is 0 Å². The van der Waals surface area contributed by atoms with Gasteiger partial charge in [-0.05, 0) is 12.1 Å². The maximum atomic E-state index is 11.3. The third-order valence-electron chi connectivity index (χ3n) is 2.32. The number of rotatable bonds is 1. The highest BCUT2D eigenvalue weighted by Gasteiger charge is 2.17. The molecule has 0 aliphatic heterocycles. The summed E-state index contributed by atoms with van der Waals surface area (Å²) in [5.74, 6) is -1.45. The summed E-state index contributed by atoms with van der Waals surface area (Å²) in [5, 5.41) is 3.71. The molecule has 1 aromatic carbocycles. The lowest BCUT2D eigenvalue weighted by molar-refractivity contribution is 0.0913. The summed E-state index contributed by atoms with van der Waals surface area (Å²) >= 11 is 0. The van der Waals surface area contributed by atoms with Gasteiger partial charge in [0.05, 0.1) is 0 Å². The fraction of sp³-hybridized carbons (Fsp3) is 0.0909. The average molecular weight is 245 g/mol. The van der Waals surface area contributed by atoms with Crippen molar-refractivity contribution in [3.8, 4) is 11.8 Å². The number of carbonyl (C=O) groups excluding carboxylic acids is 1. The lowest BCUT2D eigenvalue weighted by Crippen LogP contribution is -2.21. The van der Waals surface area contributed by atoms with Crippen molar-refractivity contribution in [2.24, 2.45) is 0 Å². The normalized spacial score (nSPS) is 10.9. The Labute approximate surface area is 99.6 Å². The number of hydrogen-bond donors (Lipinski definition) is 0. The smallest absolute Gasteiger partial charge is 0.432 e. The molecule has 0 aliphatic rings. The van der Waals surface area contributed by atoms with E-state index in [1.807, 2.05) is 0 Å². The quantitative estimate of drug-likeness (QED) is 0.641. The number of carbonyl (C=O) groups is 1. The molecule has 0 spiro atoms. The van der Waals surface area contributed by atoms with Crippen LogP contribution in [0.15, 0.2) is 37.9 Å². The van der Waals surface area contributed by atoms with Crippen LogP contribution in [-0.2, 0) is 0 Å². The molecule has 0 saturated carbocycles. The van der Waals surface area contributed by atoms with Crippen molar-refractivity contribution < 1.29 is 13.6 Å². The van der Waals surface area contributed by atoms with Gasteiger partial charge < -0.3 is 8.83 Å². The first-order chi connectivity index (χ1) is 8.65. The van der Waals surface area contributed by atoms with Crippen molar-refractivity contribution >= 4 is 17.0 Å². The summed E-state index contributed by atoms with van der Waals surface area (Å²) < 4.78 is 10.8. The van der Waals surface area contributed by atoms with Gasteiger partial charge >= 0.3 is 11.6 Å². The Hall–Kier alpha value is -2.70. The van der Waals surface area contributed by atoms with Gasteiger partial charge in [0, 0.05) is 6.92 Å². The molecule has 0 aliphatic carbocycles. The lowest BCUT2D eigenvalue weighted by Gasteiger charge is -1.85. The maximum Gasteiger partial charge on any atom is 0.444 e. The Balaban J connectivity index is 2.17. The van der Waals surface area contributed by atoms with E-state index in [-0.39, 0.29) is 11.8 Å². The molecular formula is C11H7N3O4. The Morgan fingerprint density at radius 2 is 2.00 bits per heavy atom. The highest BCUT2D eigenvalue weighted by atomic mass is 16.4. The Bertz CT molecular complexity index is 763. The second-order valence-corrected chi connectivity index (χ2v) is 3.59. The summed E-state index contributed by atoms with van der Waals surface area (Å²) in [6, 6.07) is 7.08. The minimum absolute atomic E-state index is 0.0632. The first-order valence-electron chi connectivity index (χ1n) is 5.12. The first-order valence-corrected chi connectivity index (χ1v) is 5.12. The van der Waals surface area contributed by atoms with Crippen molar-refractivity contribution in [2.45, 2.75) is 6.92 Å². The summed E-state index contributed by atoms with van der Waals surface area (Å²) in [5.41, 5.74) is 1.17. The van der Waals surface area contributed by atoms with Gasteiger partial charge in [-0.1, -0.05) is 12.1 Å². The van der Waals surface area contributed by atoms with Crippen LogP contribution >= 0.6 is 0 Å². The number of hydrogen-bond acceptors (Lipinski definition) is 6. The zero-order valence-corrected chi connectivity index (χ0v) is 9.28. The van der Waals surface area contributed by atoms with Crippen LogP contribution in [0.3, 0.4) is 0 Å². The number of aromatic nitrogens is 3. The third-order valence-corrected chi connectivity index (χ3v) is 2.32. The minimum atomic E-state index is -0.861. The van der Waals surface area contributed by atoms with Gasteiger partial charge in [0.2, 0.25) is 5.91 Å². The number of oxazole rings is 1. The van der Waals surface area contributed by atoms with Crippen LogP contribution in [-0.4, -0.2) is 20.7 Å². The molecule has 0 radical (unpaired) electrons. The SMILES string of the molecule is CC(=O)n1nc(-c2nc3ccccc3o2)oc1=O. The fourth-order valence-corrected chi connectivity index (χ4v) is 1.53. The van der Waals surface area contributed by atoms with E-state index in [1.165, 1.54) is 6.92 Å². The molecular weight excluding hydrogens is 238 g/mol. The Kier molecular flexibility index (Phi) is 2.12. The second kappa shape index (κ2) is 3.66. The Morgan fingerprint density at radius 1 is 1.22 bits per heavy atom. The number of para-hydroxylation sites is 2. The summed E-state index contributed by atoms with van der Waals surface area (Å²) in [6.45, 7) is 1.21. The molecule has 90 valence electrons. The Morgan fingerprint density at radius 3 is 2.67 bits per heavy atom. The molecule has 3 aromatic rings. The number of nitrogens with zero attached hydrogens (tertiary/aromatic N) is 3. The van der Waals surface area contributed by atoms with E-state index >= 15 is 0 Å². The molecule has 7 nitrogen and oxygen atoms in total. The van der Waals surface area contributed by atoms with E-state index in [0.717, 1.165) is 0 Å². The molecule has 2 aromatic heterocycles. The third kappa shape index (κ3) is 1.53. The van der Waals surface area contributed by atoms with Crippen LogP contribution in [0.2, 0.25) is 0 Å². The molecule has 0 saturated heterocycles. The average Bonchev–Trinajstić information content (AvgIpc) is 2.91. The van der Waals surface area contributed by atoms with Crippen LogP contribution in [0.25, 0.3) is 22.9 Å². The lowest BCUT2D eigenvalue weighted by atomic mass is 10.3. The van der Waals surface area contributed by atoms with Crippen molar-refractivity contribution in [1.29, 1.82) is 0 Å². The molecule has 3 rings (SSSR count). The minimum Gasteiger partial charge on any atom is -0.432 e. The monoisotopic (exact) mass is 245 g/mol. The van der Waals surface area contributed by atoms with Crippen molar-refractivity contribution in [2.75, 3.05) is 0 Å². The van der Waals surface area contributed by atoms with E-state index in [1.54, 1.807) is 24.3 Å². The molecule has 0 amide bonds. The largest absolute Gasteiger partial charge is 0.444 e. The topological polar surface area (TPSA) is 91.1 Å². The zero-order chi connectivity index (χ0) is 12.7. The van der Waals surface area contributed by atoms with Crippen molar-refractivity contribution in [3.63, 3.8) is 0 Å². The fourth-order valence-electron chi connectivity index (χ4n) is 1.53. The van der Waals surface area contributed by atoms with Crippen molar-refractivity contribution in [1.82, 2.24) is 14.8 Å². The summed E-state index contributed by atoms with van der Waals surface area (Å²) in [4.78, 5) is 26.5. The molecule has 0 atom stereocenters. The highest BCUT2D eigenvalue weighted by molar-refractivity contribution is 5.76. The van der Waals surface area contributed by atoms with Crippen LogP contribution < -0.4 is 5.76 Å². The first kappa shape index (κ1) is 10.5. The predicted molar refractivity (Wildman–Crippen MR) is 60.1 cm³/mol. The standard InChI is InChI=1S/C11H7N3O4/c1-6(15)14-11(16)18-10(13-14)9-12-7-4-2-3-5-8(7)17-9/h2-5H,1H3. The van der Waals surface area contributed by atoms with E-state index < -0.39 is 11.7 Å². The highest BCUT2D eigenvalue weighted by Crippen LogP contribution is 2.21. The van der Waals surface area contributed by atoms with E-state index in [9.17, 15) is 9.59 Å². The molecule has 0 fully saturated rings. The van der Waals surface area contributed by atoms with E-state index in [0.29, 0.717) is 15.8 Å². The van der Waals surface area contributed by atoms with Gasteiger partial charge in [0.25, 0.3) is 5.89 Å². The molecule has 0 N–H and O–H groups in total. The number of benzene rings is 1. The summed E-state index contributed by atoms with van der Waals surface area (Å²) in [6.07, 6.45) is 0. The van der Waals surface area contributed by atoms with Crippen LogP contribution in [0.1, 0.15) is 11.7 Å². The van der Waals surface area contributed by atoms with Crippen LogP contribution in [0.5, 0.6) is 0 Å². The predicted octanol–water partition coefficient (Wildman–Crippen LogP) is 1.30. The van der Waals surface area contributed by atoms with Gasteiger partial charge in [-0.15, -0.1) is 9.78 Å². The van der Waals surface area contributed by atoms with Gasteiger partial charge in [-0.25, -0.2) is 9.78 Å². The van der Waals surface area contributed by atoms with Crippen LogP contribution in [0.4, 0.5) is 0 Å². The molecule has 0 bridgehead atoms. The van der Waals surface area contributed by atoms with E-state index in [4.69, 9.17) is 8.83 Å². The molecule has 18 heavy (non-hydrogen) atoms. The molecule has 2 heterocycles. The van der Waals surface area contributed by atoms with Gasteiger partial charge in [0.1, 0.15) is 5.52 Å².